The molecule has 0 aliphatic carbocycles. The summed E-state index contributed by atoms with van der Waals surface area (Å²) in [6, 6.07) is 50.2. The van der Waals surface area contributed by atoms with Crippen LogP contribution in [0, 0.1) is 0 Å². The molecule has 0 unspecified atom stereocenters. The minimum Gasteiger partial charge on any atom is -0.456 e. The molecule has 2 nitrogen and oxygen atoms in total. The van der Waals surface area contributed by atoms with Crippen LogP contribution >= 0.6 is 11.3 Å². The van der Waals surface area contributed by atoms with Crippen molar-refractivity contribution in [1.82, 2.24) is 0 Å². The molecule has 0 atom stereocenters. The van der Waals surface area contributed by atoms with Gasteiger partial charge in [-0.25, -0.2) is 0 Å². The van der Waals surface area contributed by atoms with Crippen molar-refractivity contribution in [3.05, 3.63) is 140 Å². The lowest BCUT2D eigenvalue weighted by Gasteiger charge is -2.26. The fourth-order valence-corrected chi connectivity index (χ4v) is 7.43. The first-order chi connectivity index (χ1) is 20.3. The van der Waals surface area contributed by atoms with Gasteiger partial charge in [-0.15, -0.1) is 11.3 Å². The van der Waals surface area contributed by atoms with Gasteiger partial charge in [0.25, 0.3) is 0 Å². The molecule has 0 saturated heterocycles. The van der Waals surface area contributed by atoms with Crippen molar-refractivity contribution in [1.29, 1.82) is 0 Å². The number of hydrogen-bond donors (Lipinski definition) is 0. The molecule has 9 rings (SSSR count). The molecule has 2 aromatic heterocycles. The summed E-state index contributed by atoms with van der Waals surface area (Å²) in [6.07, 6.45) is 0. The lowest BCUT2D eigenvalue weighted by Crippen LogP contribution is -2.09. The van der Waals surface area contributed by atoms with Gasteiger partial charge in [0.1, 0.15) is 11.2 Å². The van der Waals surface area contributed by atoms with Crippen LogP contribution in [0.3, 0.4) is 0 Å². The number of hydrogen-bond acceptors (Lipinski definition) is 3. The van der Waals surface area contributed by atoms with E-state index in [4.69, 9.17) is 4.42 Å². The molecule has 9 aromatic rings. The summed E-state index contributed by atoms with van der Waals surface area (Å²) in [7, 11) is 0. The van der Waals surface area contributed by atoms with Crippen molar-refractivity contribution in [2.45, 2.75) is 0 Å². The first-order valence-corrected chi connectivity index (χ1v) is 14.7. The first kappa shape index (κ1) is 22.7. The fraction of sp³-hybridized carbons (Fsp3) is 0. The zero-order valence-electron chi connectivity index (χ0n) is 22.0. The van der Waals surface area contributed by atoms with E-state index in [1.165, 1.54) is 41.7 Å². The highest BCUT2D eigenvalue weighted by Crippen LogP contribution is 2.42. The topological polar surface area (TPSA) is 16.4 Å². The van der Waals surface area contributed by atoms with Gasteiger partial charge >= 0.3 is 0 Å². The van der Waals surface area contributed by atoms with Crippen LogP contribution in [0.25, 0.3) is 63.7 Å². The Labute approximate surface area is 240 Å². The molecule has 2 heterocycles. The molecule has 0 bridgehead atoms. The number of nitrogens with zero attached hydrogens (tertiary/aromatic N) is 1. The van der Waals surface area contributed by atoms with Crippen LogP contribution in [0.5, 0.6) is 0 Å². The van der Waals surface area contributed by atoms with Crippen LogP contribution in [-0.2, 0) is 0 Å². The van der Waals surface area contributed by atoms with Crippen LogP contribution in [0.2, 0.25) is 0 Å². The van der Waals surface area contributed by atoms with E-state index in [9.17, 15) is 0 Å². The third kappa shape index (κ3) is 3.49. The Kier molecular flexibility index (Phi) is 4.80. The summed E-state index contributed by atoms with van der Waals surface area (Å²) in [4.78, 5) is 2.36. The number of para-hydroxylation sites is 2. The average Bonchev–Trinajstić information content (AvgIpc) is 3.58. The largest absolute Gasteiger partial charge is 0.456 e. The second kappa shape index (κ2) is 8.69. The molecular weight excluding hydrogens is 518 g/mol. The quantitative estimate of drug-likeness (QED) is 0.207. The fourth-order valence-electron chi connectivity index (χ4n) is 6.29. The van der Waals surface area contributed by atoms with E-state index < -0.39 is 0 Å². The van der Waals surface area contributed by atoms with Crippen molar-refractivity contribution in [3.8, 4) is 0 Å². The van der Waals surface area contributed by atoms with Crippen LogP contribution in [0.1, 0.15) is 0 Å². The molecular formula is C38H23NOS. The van der Waals surface area contributed by atoms with Gasteiger partial charge < -0.3 is 9.32 Å². The van der Waals surface area contributed by atoms with Gasteiger partial charge in [-0.05, 0) is 82.2 Å². The van der Waals surface area contributed by atoms with E-state index in [1.807, 2.05) is 23.5 Å². The molecule has 0 spiro atoms. The first-order valence-electron chi connectivity index (χ1n) is 13.8. The smallest absolute Gasteiger partial charge is 0.136 e. The number of anilines is 3. The molecule has 192 valence electrons. The van der Waals surface area contributed by atoms with E-state index in [0.29, 0.717) is 0 Å². The van der Waals surface area contributed by atoms with E-state index in [-0.39, 0.29) is 0 Å². The van der Waals surface area contributed by atoms with E-state index in [1.54, 1.807) is 0 Å². The number of furan rings is 1. The second-order valence-corrected chi connectivity index (χ2v) is 11.7. The Balaban J connectivity index is 1.23. The predicted molar refractivity (Wildman–Crippen MR) is 176 cm³/mol. The Bertz CT molecular complexity index is 2430. The monoisotopic (exact) mass is 541 g/mol. The van der Waals surface area contributed by atoms with Gasteiger partial charge in [0, 0.05) is 48.0 Å². The van der Waals surface area contributed by atoms with Crippen molar-refractivity contribution >= 4 is 92.1 Å². The Morgan fingerprint density at radius 1 is 0.390 bits per heavy atom. The van der Waals surface area contributed by atoms with Crippen molar-refractivity contribution in [2.75, 3.05) is 4.90 Å². The van der Waals surface area contributed by atoms with Gasteiger partial charge in [-0.2, -0.15) is 0 Å². The summed E-state index contributed by atoms with van der Waals surface area (Å²) >= 11 is 1.85. The molecule has 41 heavy (non-hydrogen) atoms. The van der Waals surface area contributed by atoms with Crippen LogP contribution in [0.15, 0.2) is 144 Å². The zero-order valence-corrected chi connectivity index (χ0v) is 22.9. The molecule has 7 aromatic carbocycles. The highest BCUT2D eigenvalue weighted by Gasteiger charge is 2.16. The SMILES string of the molecule is c1ccc(N(c2ccc3c(ccc4cc5c(cc43)oc3ccccc35)c2)c2ccc3c(c2)sc2ccccc23)cc1. The van der Waals surface area contributed by atoms with E-state index in [2.05, 4.69) is 132 Å². The molecule has 0 amide bonds. The number of benzene rings is 7. The minimum atomic E-state index is 0.929. The third-order valence-corrected chi connectivity index (χ3v) is 9.34. The maximum atomic E-state index is 6.24. The van der Waals surface area contributed by atoms with Crippen molar-refractivity contribution in [3.63, 3.8) is 0 Å². The average molecular weight is 542 g/mol. The summed E-state index contributed by atoms with van der Waals surface area (Å²) in [5.74, 6) is 0. The molecule has 0 aliphatic rings. The van der Waals surface area contributed by atoms with Gasteiger partial charge in [0.2, 0.25) is 0 Å². The van der Waals surface area contributed by atoms with Gasteiger partial charge in [-0.1, -0.05) is 78.9 Å². The molecule has 0 aliphatic heterocycles. The Morgan fingerprint density at radius 2 is 1.07 bits per heavy atom. The molecule has 3 heteroatoms. The zero-order chi connectivity index (χ0) is 26.9. The highest BCUT2D eigenvalue weighted by atomic mass is 32.1. The predicted octanol–water partition coefficient (Wildman–Crippen LogP) is 11.7. The second-order valence-electron chi connectivity index (χ2n) is 10.6. The normalized spacial score (nSPS) is 11.9. The maximum Gasteiger partial charge on any atom is 0.136 e. The van der Waals surface area contributed by atoms with Crippen LogP contribution in [-0.4, -0.2) is 0 Å². The number of thiophene rings is 1. The third-order valence-electron chi connectivity index (χ3n) is 8.21. The summed E-state index contributed by atoms with van der Waals surface area (Å²) in [5, 5.41) is 9.81. The minimum absolute atomic E-state index is 0.929. The Morgan fingerprint density at radius 3 is 1.95 bits per heavy atom. The molecule has 0 radical (unpaired) electrons. The van der Waals surface area contributed by atoms with Crippen LogP contribution in [0.4, 0.5) is 17.1 Å². The lowest BCUT2D eigenvalue weighted by molar-refractivity contribution is 0.669. The van der Waals surface area contributed by atoms with Crippen molar-refractivity contribution in [2.24, 2.45) is 0 Å². The van der Waals surface area contributed by atoms with E-state index in [0.717, 1.165) is 39.0 Å². The summed E-state index contributed by atoms with van der Waals surface area (Å²) in [5.41, 5.74) is 5.28. The van der Waals surface area contributed by atoms with Gasteiger partial charge in [-0.3, -0.25) is 0 Å². The number of rotatable bonds is 3. The molecule has 0 fully saturated rings. The summed E-state index contributed by atoms with van der Waals surface area (Å²) in [6.45, 7) is 0. The lowest BCUT2D eigenvalue weighted by atomic mass is 9.99. The van der Waals surface area contributed by atoms with Gasteiger partial charge in [0.15, 0.2) is 0 Å². The molecule has 0 saturated carbocycles. The van der Waals surface area contributed by atoms with E-state index >= 15 is 0 Å². The molecule has 0 N–H and O–H groups in total. The maximum absolute atomic E-state index is 6.24. The Hall–Kier alpha value is -5.12. The summed E-state index contributed by atoms with van der Waals surface area (Å²) < 4.78 is 8.86. The van der Waals surface area contributed by atoms with Gasteiger partial charge in [0.05, 0.1) is 0 Å². The van der Waals surface area contributed by atoms with Crippen LogP contribution < -0.4 is 4.90 Å². The van der Waals surface area contributed by atoms with Crippen molar-refractivity contribution < 1.29 is 4.42 Å². The highest BCUT2D eigenvalue weighted by molar-refractivity contribution is 7.25. The number of fused-ring (bicyclic) bond motifs is 9. The standard InChI is InChI=1S/C38H23NOS/c1-2-8-26(9-3-1)39(28-17-19-32-31-11-5-7-13-37(31)41-38(32)22-28)27-16-18-29-24(20-27)14-15-25-21-34-30-10-4-6-12-35(30)40-36(34)23-33(25)29/h1-23H.